The van der Waals surface area contributed by atoms with Gasteiger partial charge in [0.25, 0.3) is 0 Å². The zero-order valence-electron chi connectivity index (χ0n) is 21.9. The van der Waals surface area contributed by atoms with E-state index in [9.17, 15) is 8.42 Å². The molecule has 0 aromatic carbocycles. The van der Waals surface area contributed by atoms with Gasteiger partial charge in [-0.2, -0.15) is 5.10 Å². The Balaban J connectivity index is 1.47. The van der Waals surface area contributed by atoms with Gasteiger partial charge in [-0.05, 0) is 32.0 Å². The summed E-state index contributed by atoms with van der Waals surface area (Å²) >= 11 is 1.51. The molecule has 1 aliphatic heterocycles. The molecular formula is C27H27N7O3S2. The fraction of sp³-hybridized carbons (Fsp3) is 0.296. The number of methoxy groups -OCH3 is 1. The molecule has 12 heteroatoms. The lowest BCUT2D eigenvalue weighted by Crippen LogP contribution is -2.57. The highest BCUT2D eigenvalue weighted by atomic mass is 32.2. The standard InChI is InChI=1S/C27H27N7O3S2/c1-16-20-11-30-34(25(20)9-22(31-16)21-10-28-6-5-26(21)37-3)27-8-19(7-23(32-27)24-13-38-15-29-24)33-12-18(17(33)2)14-39(4,35)36/h5-11,13,15,17-18H,12,14H2,1-4H3/t17-,18-/m1/s1. The van der Waals surface area contributed by atoms with Crippen LogP contribution in [-0.4, -0.2) is 69.8 Å². The molecule has 10 nitrogen and oxygen atoms in total. The molecule has 0 bridgehead atoms. The minimum atomic E-state index is -3.05. The molecule has 6 heterocycles. The molecule has 0 aliphatic carbocycles. The first-order valence-corrected chi connectivity index (χ1v) is 15.4. The Hall–Kier alpha value is -3.90. The third kappa shape index (κ3) is 4.74. The van der Waals surface area contributed by atoms with Gasteiger partial charge in [0.1, 0.15) is 15.6 Å². The summed E-state index contributed by atoms with van der Waals surface area (Å²) in [5.74, 6) is 1.58. The molecule has 0 spiro atoms. The number of sulfone groups is 1. The van der Waals surface area contributed by atoms with Gasteiger partial charge in [0.05, 0.1) is 52.7 Å². The van der Waals surface area contributed by atoms with Gasteiger partial charge in [0.15, 0.2) is 5.82 Å². The highest BCUT2D eigenvalue weighted by molar-refractivity contribution is 7.90. The number of hydrogen-bond donors (Lipinski definition) is 0. The van der Waals surface area contributed by atoms with E-state index in [4.69, 9.17) is 19.8 Å². The maximum absolute atomic E-state index is 11.9. The maximum atomic E-state index is 11.9. The van der Waals surface area contributed by atoms with Gasteiger partial charge >= 0.3 is 0 Å². The summed E-state index contributed by atoms with van der Waals surface area (Å²) in [7, 11) is -1.43. The number of aryl methyl sites for hydroxylation is 1. The van der Waals surface area contributed by atoms with E-state index in [2.05, 4.69) is 21.8 Å². The van der Waals surface area contributed by atoms with Crippen LogP contribution in [0.25, 0.3) is 39.4 Å². The molecule has 0 saturated carbocycles. The smallest absolute Gasteiger partial charge is 0.156 e. The van der Waals surface area contributed by atoms with E-state index in [0.29, 0.717) is 18.1 Å². The van der Waals surface area contributed by atoms with Crippen molar-refractivity contribution in [2.75, 3.05) is 30.6 Å². The van der Waals surface area contributed by atoms with Crippen molar-refractivity contribution in [3.05, 3.63) is 59.4 Å². The molecule has 2 atom stereocenters. The number of rotatable bonds is 7. The summed E-state index contributed by atoms with van der Waals surface area (Å²) in [4.78, 5) is 20.7. The summed E-state index contributed by atoms with van der Waals surface area (Å²) in [6.07, 6.45) is 6.52. The Morgan fingerprint density at radius 2 is 1.97 bits per heavy atom. The largest absolute Gasteiger partial charge is 0.496 e. The lowest BCUT2D eigenvalue weighted by molar-refractivity contribution is 0.341. The summed E-state index contributed by atoms with van der Waals surface area (Å²) in [6, 6.07) is 7.86. The Labute approximate surface area is 230 Å². The number of pyridine rings is 3. The van der Waals surface area contributed by atoms with Crippen LogP contribution < -0.4 is 9.64 Å². The monoisotopic (exact) mass is 561 g/mol. The van der Waals surface area contributed by atoms with Gasteiger partial charge in [0.2, 0.25) is 0 Å². The molecule has 1 saturated heterocycles. The normalized spacial score (nSPS) is 17.4. The van der Waals surface area contributed by atoms with E-state index in [-0.39, 0.29) is 17.7 Å². The van der Waals surface area contributed by atoms with Crippen LogP contribution in [0.4, 0.5) is 5.69 Å². The molecular weight excluding hydrogens is 534 g/mol. The quantitative estimate of drug-likeness (QED) is 0.288. The minimum absolute atomic E-state index is 0.0729. The number of fused-ring (bicyclic) bond motifs is 1. The molecule has 0 radical (unpaired) electrons. The number of thiazole rings is 1. The summed E-state index contributed by atoms with van der Waals surface area (Å²) in [6.45, 7) is 4.67. The van der Waals surface area contributed by atoms with Crippen molar-refractivity contribution in [1.82, 2.24) is 29.7 Å². The van der Waals surface area contributed by atoms with Crippen molar-refractivity contribution in [3.8, 4) is 34.2 Å². The highest BCUT2D eigenvalue weighted by Gasteiger charge is 2.38. The van der Waals surface area contributed by atoms with Gasteiger partial charge in [-0.1, -0.05) is 0 Å². The van der Waals surface area contributed by atoms with Crippen molar-refractivity contribution < 1.29 is 13.2 Å². The molecule has 5 aromatic rings. The van der Waals surface area contributed by atoms with Gasteiger partial charge in [-0.25, -0.2) is 23.1 Å². The summed E-state index contributed by atoms with van der Waals surface area (Å²) < 4.78 is 31.2. The Morgan fingerprint density at radius 1 is 1.13 bits per heavy atom. The highest BCUT2D eigenvalue weighted by Crippen LogP contribution is 2.36. The maximum Gasteiger partial charge on any atom is 0.156 e. The molecule has 1 aliphatic rings. The number of hydrogen-bond acceptors (Lipinski definition) is 10. The number of anilines is 1. The van der Waals surface area contributed by atoms with E-state index in [1.165, 1.54) is 17.6 Å². The van der Waals surface area contributed by atoms with Crippen molar-refractivity contribution >= 4 is 37.8 Å². The average molecular weight is 562 g/mol. The molecule has 0 amide bonds. The lowest BCUT2D eigenvalue weighted by Gasteiger charge is -2.48. The van der Waals surface area contributed by atoms with E-state index >= 15 is 0 Å². The van der Waals surface area contributed by atoms with Crippen LogP contribution in [0.1, 0.15) is 12.6 Å². The summed E-state index contributed by atoms with van der Waals surface area (Å²) in [5.41, 5.74) is 7.42. The first-order valence-electron chi connectivity index (χ1n) is 12.4. The van der Waals surface area contributed by atoms with Gasteiger partial charge in [-0.15, -0.1) is 11.3 Å². The summed E-state index contributed by atoms with van der Waals surface area (Å²) in [5, 5.41) is 7.58. The van der Waals surface area contributed by atoms with Crippen molar-refractivity contribution in [2.24, 2.45) is 5.92 Å². The average Bonchev–Trinajstić information content (AvgIpc) is 3.61. The van der Waals surface area contributed by atoms with Crippen molar-refractivity contribution in [2.45, 2.75) is 19.9 Å². The third-order valence-electron chi connectivity index (χ3n) is 7.20. The molecule has 39 heavy (non-hydrogen) atoms. The second-order valence-corrected chi connectivity index (χ2v) is 12.7. The Kier molecular flexibility index (Phi) is 6.31. The lowest BCUT2D eigenvalue weighted by atomic mass is 9.91. The van der Waals surface area contributed by atoms with Gasteiger partial charge in [0, 0.05) is 65.4 Å². The first-order chi connectivity index (χ1) is 18.7. The van der Waals surface area contributed by atoms with Crippen LogP contribution in [0.3, 0.4) is 0 Å². The van der Waals surface area contributed by atoms with E-state index in [1.54, 1.807) is 31.2 Å². The zero-order chi connectivity index (χ0) is 27.3. The molecule has 6 rings (SSSR count). The van der Waals surface area contributed by atoms with Crippen LogP contribution in [0.15, 0.2) is 53.7 Å². The Morgan fingerprint density at radius 3 is 2.69 bits per heavy atom. The molecule has 0 N–H and O–H groups in total. The van der Waals surface area contributed by atoms with Crippen LogP contribution in [0.5, 0.6) is 5.75 Å². The van der Waals surface area contributed by atoms with Crippen LogP contribution in [0, 0.1) is 12.8 Å². The molecule has 200 valence electrons. The Bertz CT molecular complexity index is 1780. The second-order valence-electron chi connectivity index (χ2n) is 9.85. The molecule has 1 fully saturated rings. The number of nitrogens with zero attached hydrogens (tertiary/aromatic N) is 7. The third-order valence-corrected chi connectivity index (χ3v) is 8.82. The second kappa shape index (κ2) is 9.69. The van der Waals surface area contributed by atoms with E-state index in [1.807, 2.05) is 41.3 Å². The van der Waals surface area contributed by atoms with Crippen LogP contribution in [-0.2, 0) is 9.84 Å². The molecule has 5 aromatic heterocycles. The number of aromatic nitrogens is 6. The van der Waals surface area contributed by atoms with Crippen molar-refractivity contribution in [1.29, 1.82) is 0 Å². The minimum Gasteiger partial charge on any atom is -0.496 e. The number of ether oxygens (including phenoxy) is 1. The van der Waals surface area contributed by atoms with Crippen LogP contribution >= 0.6 is 11.3 Å². The van der Waals surface area contributed by atoms with Gasteiger partial charge in [-0.3, -0.25) is 9.97 Å². The zero-order valence-corrected chi connectivity index (χ0v) is 23.6. The first kappa shape index (κ1) is 25.4. The topological polar surface area (TPSA) is 116 Å². The fourth-order valence-corrected chi connectivity index (χ4v) is 6.81. The van der Waals surface area contributed by atoms with Gasteiger partial charge < -0.3 is 9.64 Å². The SMILES string of the molecule is COc1ccncc1-c1cc2c(cnn2-c2cc(N3C[C@H](CS(C)(=O)=O)[C@H]3C)cc(-c3cscn3)n2)c(C)n1. The van der Waals surface area contributed by atoms with Crippen molar-refractivity contribution in [3.63, 3.8) is 0 Å². The molecule has 0 unspecified atom stereocenters. The van der Waals surface area contributed by atoms with E-state index in [0.717, 1.165) is 44.9 Å². The van der Waals surface area contributed by atoms with Crippen LogP contribution in [0.2, 0.25) is 0 Å². The fourth-order valence-electron chi connectivity index (χ4n) is 5.11. The van der Waals surface area contributed by atoms with E-state index < -0.39 is 9.84 Å². The predicted octanol–water partition coefficient (Wildman–Crippen LogP) is 4.19. The predicted molar refractivity (Wildman–Crippen MR) is 152 cm³/mol.